The minimum Gasteiger partial charge on any atom is -0.411 e. The summed E-state index contributed by atoms with van der Waals surface area (Å²) in [5, 5.41) is 12.1. The quantitative estimate of drug-likeness (QED) is 0.565. The Balaban J connectivity index is 2.04. The van der Waals surface area contributed by atoms with Crippen LogP contribution in [-0.2, 0) is 4.74 Å². The second-order valence-corrected chi connectivity index (χ2v) is 6.39. The van der Waals surface area contributed by atoms with Crippen molar-refractivity contribution in [2.24, 2.45) is 5.16 Å². The number of ether oxygens (including phenoxy) is 1. The molecule has 1 unspecified atom stereocenters. The first kappa shape index (κ1) is 12.8. The summed E-state index contributed by atoms with van der Waals surface area (Å²) in [6.45, 7) is 10.7. The van der Waals surface area contributed by atoms with E-state index < -0.39 is 0 Å². The first-order valence-electron chi connectivity index (χ1n) is 6.48. The molecular formula is C13H24N2O2. The van der Waals surface area contributed by atoms with Crippen molar-refractivity contribution in [3.8, 4) is 0 Å². The van der Waals surface area contributed by atoms with Gasteiger partial charge in [-0.05, 0) is 34.1 Å². The summed E-state index contributed by atoms with van der Waals surface area (Å²) >= 11 is 0. The molecule has 2 heterocycles. The molecular weight excluding hydrogens is 216 g/mol. The lowest BCUT2D eigenvalue weighted by Crippen LogP contribution is -2.49. The minimum atomic E-state index is -0.0860. The summed E-state index contributed by atoms with van der Waals surface area (Å²) in [4.78, 5) is 2.49. The lowest BCUT2D eigenvalue weighted by Gasteiger charge is -2.38. The van der Waals surface area contributed by atoms with Crippen molar-refractivity contribution in [2.45, 2.75) is 64.2 Å². The Morgan fingerprint density at radius 3 is 2.24 bits per heavy atom. The van der Waals surface area contributed by atoms with Crippen molar-refractivity contribution >= 4 is 5.71 Å². The summed E-state index contributed by atoms with van der Waals surface area (Å²) in [5.74, 6) is 0. The first-order valence-corrected chi connectivity index (χ1v) is 6.48. The van der Waals surface area contributed by atoms with Crippen LogP contribution in [0.5, 0.6) is 0 Å². The van der Waals surface area contributed by atoms with Gasteiger partial charge in [0.2, 0.25) is 0 Å². The van der Waals surface area contributed by atoms with Crippen molar-refractivity contribution in [3.63, 3.8) is 0 Å². The highest BCUT2D eigenvalue weighted by atomic mass is 16.5. The van der Waals surface area contributed by atoms with Gasteiger partial charge in [0.1, 0.15) is 0 Å². The molecule has 0 saturated carbocycles. The molecule has 4 heteroatoms. The molecule has 1 atom stereocenters. The molecule has 0 amide bonds. The average molecular weight is 240 g/mol. The van der Waals surface area contributed by atoms with E-state index in [0.717, 1.165) is 38.1 Å². The third-order valence-electron chi connectivity index (χ3n) is 3.98. The van der Waals surface area contributed by atoms with Crippen molar-refractivity contribution in [1.29, 1.82) is 0 Å². The Morgan fingerprint density at radius 1 is 1.24 bits per heavy atom. The normalized spacial score (nSPS) is 32.7. The van der Waals surface area contributed by atoms with Crippen LogP contribution < -0.4 is 0 Å². The molecule has 0 spiro atoms. The van der Waals surface area contributed by atoms with Crippen LogP contribution in [0.25, 0.3) is 0 Å². The molecule has 2 aliphatic rings. The van der Waals surface area contributed by atoms with Gasteiger partial charge in [-0.3, -0.25) is 4.90 Å². The van der Waals surface area contributed by atoms with Gasteiger partial charge in [0, 0.05) is 32.0 Å². The van der Waals surface area contributed by atoms with Gasteiger partial charge in [-0.25, -0.2) is 0 Å². The monoisotopic (exact) mass is 240 g/mol. The van der Waals surface area contributed by atoms with E-state index in [-0.39, 0.29) is 11.2 Å². The summed E-state index contributed by atoms with van der Waals surface area (Å²) in [6.07, 6.45) is 2.83. The second kappa shape index (κ2) is 4.25. The number of nitrogens with zero attached hydrogens (tertiary/aromatic N) is 2. The third-order valence-corrected chi connectivity index (χ3v) is 3.98. The van der Waals surface area contributed by atoms with Gasteiger partial charge in [0.15, 0.2) is 0 Å². The predicted octanol–water partition coefficient (Wildman–Crippen LogP) is 2.26. The van der Waals surface area contributed by atoms with Crippen molar-refractivity contribution < 1.29 is 9.94 Å². The van der Waals surface area contributed by atoms with Gasteiger partial charge in [0.25, 0.3) is 0 Å². The predicted molar refractivity (Wildman–Crippen MR) is 67.7 cm³/mol. The zero-order valence-corrected chi connectivity index (χ0v) is 11.4. The maximum absolute atomic E-state index is 8.77. The molecule has 2 saturated heterocycles. The van der Waals surface area contributed by atoms with Crippen molar-refractivity contribution in [3.05, 3.63) is 0 Å². The van der Waals surface area contributed by atoms with E-state index in [0.29, 0.717) is 6.04 Å². The van der Waals surface area contributed by atoms with E-state index >= 15 is 0 Å². The zero-order valence-electron chi connectivity index (χ0n) is 11.4. The molecule has 98 valence electrons. The molecule has 2 rings (SSSR count). The SMILES string of the molecule is CC1(C)CC(N2CCC(=NO)CC2)C(C)(C)O1. The van der Waals surface area contributed by atoms with Crippen molar-refractivity contribution in [2.75, 3.05) is 13.1 Å². The molecule has 0 bridgehead atoms. The molecule has 1 N–H and O–H groups in total. The van der Waals surface area contributed by atoms with Gasteiger partial charge in [0.05, 0.1) is 16.9 Å². The van der Waals surface area contributed by atoms with Crippen LogP contribution in [-0.4, -0.2) is 46.2 Å². The fraction of sp³-hybridized carbons (Fsp3) is 0.923. The Hall–Kier alpha value is -0.610. The maximum Gasteiger partial charge on any atom is 0.0789 e. The number of oxime groups is 1. The Labute approximate surface area is 104 Å². The summed E-state index contributed by atoms with van der Waals surface area (Å²) in [5.41, 5.74) is 0.814. The molecule has 0 aliphatic carbocycles. The topological polar surface area (TPSA) is 45.1 Å². The third kappa shape index (κ3) is 2.63. The van der Waals surface area contributed by atoms with Gasteiger partial charge in [-0.1, -0.05) is 5.16 Å². The number of hydrogen-bond acceptors (Lipinski definition) is 4. The Kier molecular flexibility index (Phi) is 3.21. The number of piperidine rings is 1. The molecule has 2 fully saturated rings. The van der Waals surface area contributed by atoms with E-state index in [1.807, 2.05) is 0 Å². The maximum atomic E-state index is 8.77. The number of hydrogen-bond donors (Lipinski definition) is 1. The summed E-state index contributed by atoms with van der Waals surface area (Å²) < 4.78 is 6.13. The van der Waals surface area contributed by atoms with Crippen molar-refractivity contribution in [1.82, 2.24) is 4.90 Å². The van der Waals surface area contributed by atoms with Gasteiger partial charge >= 0.3 is 0 Å². The number of likely N-dealkylation sites (tertiary alicyclic amines) is 1. The Bertz CT molecular complexity index is 313. The average Bonchev–Trinajstić information content (AvgIpc) is 2.47. The molecule has 0 aromatic rings. The van der Waals surface area contributed by atoms with Gasteiger partial charge < -0.3 is 9.94 Å². The van der Waals surface area contributed by atoms with Crippen LogP contribution in [0.1, 0.15) is 47.0 Å². The Morgan fingerprint density at radius 2 is 1.82 bits per heavy atom. The van der Waals surface area contributed by atoms with Crippen LogP contribution in [0.4, 0.5) is 0 Å². The molecule has 2 aliphatic heterocycles. The van der Waals surface area contributed by atoms with Gasteiger partial charge in [-0.15, -0.1) is 0 Å². The zero-order chi connectivity index (χ0) is 12.7. The van der Waals surface area contributed by atoms with Crippen LogP contribution >= 0.6 is 0 Å². The molecule has 4 nitrogen and oxygen atoms in total. The molecule has 0 radical (unpaired) electrons. The highest BCUT2D eigenvalue weighted by Gasteiger charge is 2.48. The summed E-state index contributed by atoms with van der Waals surface area (Å²) in [6, 6.07) is 0.470. The molecule has 17 heavy (non-hydrogen) atoms. The van der Waals surface area contributed by atoms with E-state index in [4.69, 9.17) is 9.94 Å². The van der Waals surface area contributed by atoms with E-state index in [2.05, 4.69) is 37.8 Å². The fourth-order valence-corrected chi connectivity index (χ4v) is 3.30. The standard InChI is InChI=1S/C13H24N2O2/c1-12(2)9-11(13(3,4)17-12)15-7-5-10(14-16)6-8-15/h11,16H,5-9H2,1-4H3. The first-order chi connectivity index (χ1) is 7.84. The molecule has 0 aromatic carbocycles. The van der Waals surface area contributed by atoms with E-state index in [1.54, 1.807) is 0 Å². The lowest BCUT2D eigenvalue weighted by atomic mass is 9.91. The number of rotatable bonds is 1. The smallest absolute Gasteiger partial charge is 0.0789 e. The van der Waals surface area contributed by atoms with E-state index in [1.165, 1.54) is 0 Å². The highest BCUT2D eigenvalue weighted by Crippen LogP contribution is 2.40. The fourth-order valence-electron chi connectivity index (χ4n) is 3.30. The second-order valence-electron chi connectivity index (χ2n) is 6.39. The van der Waals surface area contributed by atoms with Crippen LogP contribution in [0.2, 0.25) is 0 Å². The van der Waals surface area contributed by atoms with Gasteiger partial charge in [-0.2, -0.15) is 0 Å². The summed E-state index contributed by atoms with van der Waals surface area (Å²) in [7, 11) is 0. The minimum absolute atomic E-state index is 0.0283. The highest BCUT2D eigenvalue weighted by molar-refractivity contribution is 5.84. The molecule has 0 aromatic heterocycles. The largest absolute Gasteiger partial charge is 0.411 e. The van der Waals surface area contributed by atoms with Crippen LogP contribution in [0.15, 0.2) is 5.16 Å². The van der Waals surface area contributed by atoms with Crippen LogP contribution in [0, 0.1) is 0 Å². The van der Waals surface area contributed by atoms with Crippen LogP contribution in [0.3, 0.4) is 0 Å². The van der Waals surface area contributed by atoms with E-state index in [9.17, 15) is 0 Å². The lowest BCUT2D eigenvalue weighted by molar-refractivity contribution is -0.0806.